The second-order valence-corrected chi connectivity index (χ2v) is 7.72. The van der Waals surface area contributed by atoms with E-state index in [9.17, 15) is 4.79 Å². The van der Waals surface area contributed by atoms with Gasteiger partial charge in [0.1, 0.15) is 19.7 Å². The summed E-state index contributed by atoms with van der Waals surface area (Å²) in [5, 5.41) is 0. The smallest absolute Gasteiger partial charge is 0.303 e. The van der Waals surface area contributed by atoms with Crippen LogP contribution in [0.1, 0.15) is 90.9 Å². The summed E-state index contributed by atoms with van der Waals surface area (Å²) in [5.74, 6) is -0.370. The van der Waals surface area contributed by atoms with E-state index in [4.69, 9.17) is 23.7 Å². The first-order valence-electron chi connectivity index (χ1n) is 11.7. The van der Waals surface area contributed by atoms with Crippen molar-refractivity contribution in [3.8, 4) is 0 Å². The van der Waals surface area contributed by atoms with Crippen LogP contribution in [0.5, 0.6) is 0 Å². The molecule has 0 unspecified atom stereocenters. The summed E-state index contributed by atoms with van der Waals surface area (Å²) in [4.78, 5) is 11.4. The van der Waals surface area contributed by atoms with Gasteiger partial charge in [0.25, 0.3) is 0 Å². The highest BCUT2D eigenvalue weighted by Crippen LogP contribution is 2.13. The Kier molecular flexibility index (Phi) is 22.0. The van der Waals surface area contributed by atoms with Crippen molar-refractivity contribution in [3.63, 3.8) is 0 Å². The number of esters is 1. The van der Waals surface area contributed by atoms with Crippen LogP contribution in [0, 0.1) is 0 Å². The molecule has 0 saturated carbocycles. The van der Waals surface area contributed by atoms with Gasteiger partial charge in [-0.05, 0) is 12.8 Å². The SMILES string of the molecule is CCCCCCCCCCCCC/C=C/[C@@H](OCOC)[C@@H](COCOC)OC(C)=O. The molecule has 0 aliphatic rings. The average molecular weight is 431 g/mol. The molecule has 2 atom stereocenters. The molecular weight excluding hydrogens is 384 g/mol. The number of rotatable bonds is 22. The summed E-state index contributed by atoms with van der Waals surface area (Å²) in [7, 11) is 3.11. The fourth-order valence-corrected chi connectivity index (χ4v) is 3.25. The van der Waals surface area contributed by atoms with Crippen LogP contribution in [-0.2, 0) is 28.5 Å². The Labute approximate surface area is 184 Å². The number of methoxy groups -OCH3 is 2. The van der Waals surface area contributed by atoms with Crippen molar-refractivity contribution < 1.29 is 28.5 Å². The molecule has 30 heavy (non-hydrogen) atoms. The summed E-state index contributed by atoms with van der Waals surface area (Å²) in [6.45, 7) is 4.10. The molecule has 0 fully saturated rings. The van der Waals surface area contributed by atoms with E-state index >= 15 is 0 Å². The second kappa shape index (κ2) is 22.7. The van der Waals surface area contributed by atoms with Gasteiger partial charge in [-0.15, -0.1) is 0 Å². The topological polar surface area (TPSA) is 63.2 Å². The van der Waals surface area contributed by atoms with Gasteiger partial charge < -0.3 is 23.7 Å². The number of ether oxygens (including phenoxy) is 5. The first-order chi connectivity index (χ1) is 14.7. The molecule has 0 radical (unpaired) electrons. The van der Waals surface area contributed by atoms with E-state index in [0.717, 1.165) is 12.8 Å². The zero-order valence-electron chi connectivity index (χ0n) is 19.9. The second-order valence-electron chi connectivity index (χ2n) is 7.72. The molecule has 0 aliphatic heterocycles. The Balaban J connectivity index is 4.09. The highest BCUT2D eigenvalue weighted by Gasteiger charge is 2.23. The molecular formula is C24H46O6. The first kappa shape index (κ1) is 29.1. The fourth-order valence-electron chi connectivity index (χ4n) is 3.25. The van der Waals surface area contributed by atoms with Gasteiger partial charge in [-0.2, -0.15) is 0 Å². The molecule has 0 aromatic carbocycles. The van der Waals surface area contributed by atoms with Crippen LogP contribution in [0.4, 0.5) is 0 Å². The zero-order chi connectivity index (χ0) is 22.3. The zero-order valence-corrected chi connectivity index (χ0v) is 19.9. The Bertz CT molecular complexity index is 399. The van der Waals surface area contributed by atoms with Crippen LogP contribution >= 0.6 is 0 Å². The first-order valence-corrected chi connectivity index (χ1v) is 11.7. The number of allylic oxidation sites excluding steroid dienone is 1. The van der Waals surface area contributed by atoms with Gasteiger partial charge in [0.15, 0.2) is 6.10 Å². The van der Waals surface area contributed by atoms with E-state index in [1.807, 2.05) is 6.08 Å². The molecule has 0 aromatic heterocycles. The molecule has 6 nitrogen and oxygen atoms in total. The van der Waals surface area contributed by atoms with Gasteiger partial charge in [-0.1, -0.05) is 83.3 Å². The molecule has 0 bridgehead atoms. The highest BCUT2D eigenvalue weighted by molar-refractivity contribution is 5.66. The maximum Gasteiger partial charge on any atom is 0.303 e. The maximum absolute atomic E-state index is 11.4. The molecule has 0 spiro atoms. The number of carbonyl (C=O) groups is 1. The number of unbranched alkanes of at least 4 members (excludes halogenated alkanes) is 11. The lowest BCUT2D eigenvalue weighted by Gasteiger charge is -2.24. The largest absolute Gasteiger partial charge is 0.457 e. The van der Waals surface area contributed by atoms with Crippen molar-refractivity contribution in [2.75, 3.05) is 34.4 Å². The molecule has 6 heteroatoms. The number of carbonyl (C=O) groups excluding carboxylic acids is 1. The van der Waals surface area contributed by atoms with E-state index < -0.39 is 12.2 Å². The average Bonchev–Trinajstić information content (AvgIpc) is 2.72. The number of hydrogen-bond acceptors (Lipinski definition) is 6. The van der Waals surface area contributed by atoms with Crippen LogP contribution in [0.25, 0.3) is 0 Å². The van der Waals surface area contributed by atoms with Crippen LogP contribution in [0.15, 0.2) is 12.2 Å². The number of hydrogen-bond donors (Lipinski definition) is 0. The molecule has 0 N–H and O–H groups in total. The lowest BCUT2D eigenvalue weighted by atomic mass is 10.0. The minimum absolute atomic E-state index is 0.121. The molecule has 0 amide bonds. The van der Waals surface area contributed by atoms with Gasteiger partial charge in [-0.25, -0.2) is 0 Å². The summed E-state index contributed by atoms with van der Waals surface area (Å²) < 4.78 is 26.3. The van der Waals surface area contributed by atoms with Crippen molar-refractivity contribution in [3.05, 3.63) is 12.2 Å². The van der Waals surface area contributed by atoms with Gasteiger partial charge in [0, 0.05) is 21.1 Å². The molecule has 0 saturated heterocycles. The summed E-state index contributed by atoms with van der Waals surface area (Å²) in [5.41, 5.74) is 0. The lowest BCUT2D eigenvalue weighted by Crippen LogP contribution is -2.36. The molecule has 0 rings (SSSR count). The van der Waals surface area contributed by atoms with Crippen molar-refractivity contribution in [2.24, 2.45) is 0 Å². The van der Waals surface area contributed by atoms with Gasteiger partial charge in [0.2, 0.25) is 0 Å². The van der Waals surface area contributed by atoms with Crippen LogP contribution in [0.2, 0.25) is 0 Å². The molecule has 0 aromatic rings. The quantitative estimate of drug-likeness (QED) is 0.0938. The lowest BCUT2D eigenvalue weighted by molar-refractivity contribution is -0.169. The summed E-state index contributed by atoms with van der Waals surface area (Å²) in [6.07, 6.45) is 18.7. The van der Waals surface area contributed by atoms with Gasteiger partial charge >= 0.3 is 5.97 Å². The predicted molar refractivity (Wildman–Crippen MR) is 120 cm³/mol. The Hall–Kier alpha value is -0.950. The van der Waals surface area contributed by atoms with E-state index in [-0.39, 0.29) is 26.2 Å². The van der Waals surface area contributed by atoms with Gasteiger partial charge in [0.05, 0.1) is 6.61 Å². The molecule has 0 aliphatic carbocycles. The summed E-state index contributed by atoms with van der Waals surface area (Å²) >= 11 is 0. The van der Waals surface area contributed by atoms with Crippen molar-refractivity contribution in [2.45, 2.75) is 103 Å². The van der Waals surface area contributed by atoms with Crippen molar-refractivity contribution in [1.29, 1.82) is 0 Å². The van der Waals surface area contributed by atoms with E-state index in [2.05, 4.69) is 13.0 Å². The van der Waals surface area contributed by atoms with Crippen molar-refractivity contribution >= 4 is 5.97 Å². The Morgan fingerprint density at radius 2 is 1.40 bits per heavy atom. The van der Waals surface area contributed by atoms with Crippen LogP contribution in [-0.4, -0.2) is 52.6 Å². The standard InChI is InChI=1S/C24H46O6/c1-5-6-7-8-9-10-11-12-13-14-15-16-17-18-23(29-21-27-4)24(30-22(2)25)19-28-20-26-3/h17-18,23-24H,5-16,19-21H2,1-4H3/b18-17+/t23-,24-/m1/s1. The normalized spacial score (nSPS) is 13.6. The Morgan fingerprint density at radius 1 is 0.833 bits per heavy atom. The van der Waals surface area contributed by atoms with Crippen LogP contribution < -0.4 is 0 Å². The minimum atomic E-state index is -0.540. The van der Waals surface area contributed by atoms with Crippen LogP contribution in [0.3, 0.4) is 0 Å². The third kappa shape index (κ3) is 19.0. The van der Waals surface area contributed by atoms with E-state index in [0.29, 0.717) is 0 Å². The molecule has 178 valence electrons. The third-order valence-electron chi connectivity index (χ3n) is 4.85. The summed E-state index contributed by atoms with van der Waals surface area (Å²) in [6, 6.07) is 0. The third-order valence-corrected chi connectivity index (χ3v) is 4.85. The van der Waals surface area contributed by atoms with E-state index in [1.54, 1.807) is 14.2 Å². The Morgan fingerprint density at radius 3 is 1.93 bits per heavy atom. The van der Waals surface area contributed by atoms with Gasteiger partial charge in [-0.3, -0.25) is 4.79 Å². The fraction of sp³-hybridized carbons (Fsp3) is 0.875. The highest BCUT2D eigenvalue weighted by atomic mass is 16.7. The monoisotopic (exact) mass is 430 g/mol. The maximum atomic E-state index is 11.4. The molecule has 0 heterocycles. The minimum Gasteiger partial charge on any atom is -0.457 e. The predicted octanol–water partition coefficient (Wildman–Crippen LogP) is 5.79. The van der Waals surface area contributed by atoms with Crippen molar-refractivity contribution in [1.82, 2.24) is 0 Å². The van der Waals surface area contributed by atoms with E-state index in [1.165, 1.54) is 71.1 Å².